The van der Waals surface area contributed by atoms with E-state index in [9.17, 15) is 4.79 Å². The molecule has 0 spiro atoms. The fraction of sp³-hybridized carbons (Fsp3) is 0.625. The number of hydrogen-bond acceptors (Lipinski definition) is 4. The molecule has 0 aromatic carbocycles. The molecule has 5 heteroatoms. The fourth-order valence-corrected chi connectivity index (χ4v) is 2.63. The van der Waals surface area contributed by atoms with Gasteiger partial charge in [0, 0.05) is 38.9 Å². The van der Waals surface area contributed by atoms with E-state index in [-0.39, 0.29) is 11.8 Å². The lowest BCUT2D eigenvalue weighted by atomic mass is 9.97. The number of carbonyl (C=O) groups is 1. The van der Waals surface area contributed by atoms with Crippen LogP contribution in [0.3, 0.4) is 0 Å². The second-order valence-corrected chi connectivity index (χ2v) is 5.96. The molecule has 1 aromatic heterocycles. The van der Waals surface area contributed by atoms with Crippen LogP contribution in [0.1, 0.15) is 32.3 Å². The highest BCUT2D eigenvalue weighted by Crippen LogP contribution is 2.21. The van der Waals surface area contributed by atoms with Crippen molar-refractivity contribution < 1.29 is 4.79 Å². The minimum Gasteiger partial charge on any atom is -0.359 e. The SMILES string of the molecule is CNC(=O)C1CCCN(c2ccc(CNC(C)C)cn2)C1. The number of piperidine rings is 1. The zero-order valence-corrected chi connectivity index (χ0v) is 13.2. The van der Waals surface area contributed by atoms with Gasteiger partial charge in [-0.1, -0.05) is 19.9 Å². The van der Waals surface area contributed by atoms with Crippen LogP contribution in [0.15, 0.2) is 18.3 Å². The number of carbonyl (C=O) groups excluding carboxylic acids is 1. The van der Waals surface area contributed by atoms with Crippen LogP contribution in [0, 0.1) is 5.92 Å². The molecule has 1 aliphatic heterocycles. The molecule has 0 bridgehead atoms. The summed E-state index contributed by atoms with van der Waals surface area (Å²) in [7, 11) is 1.70. The van der Waals surface area contributed by atoms with Crippen molar-refractivity contribution in [1.82, 2.24) is 15.6 Å². The summed E-state index contributed by atoms with van der Waals surface area (Å²) < 4.78 is 0. The first-order valence-corrected chi connectivity index (χ1v) is 7.75. The predicted molar refractivity (Wildman–Crippen MR) is 85.2 cm³/mol. The van der Waals surface area contributed by atoms with Gasteiger partial charge in [-0.15, -0.1) is 0 Å². The summed E-state index contributed by atoms with van der Waals surface area (Å²) in [5.74, 6) is 1.18. The lowest BCUT2D eigenvalue weighted by molar-refractivity contribution is -0.124. The van der Waals surface area contributed by atoms with Crippen LogP contribution < -0.4 is 15.5 Å². The number of nitrogens with zero attached hydrogens (tertiary/aromatic N) is 2. The van der Waals surface area contributed by atoms with Crippen LogP contribution in [0.25, 0.3) is 0 Å². The second-order valence-electron chi connectivity index (χ2n) is 5.96. The predicted octanol–water partition coefficient (Wildman–Crippen LogP) is 1.54. The van der Waals surface area contributed by atoms with Crippen molar-refractivity contribution in [2.45, 2.75) is 39.3 Å². The van der Waals surface area contributed by atoms with Crippen molar-refractivity contribution in [2.75, 3.05) is 25.0 Å². The Labute approximate surface area is 127 Å². The molecule has 1 fully saturated rings. The van der Waals surface area contributed by atoms with Gasteiger partial charge in [-0.3, -0.25) is 4.79 Å². The maximum atomic E-state index is 11.8. The summed E-state index contributed by atoms with van der Waals surface area (Å²) >= 11 is 0. The Kier molecular flexibility index (Phi) is 5.56. The minimum absolute atomic E-state index is 0.0767. The molecule has 1 saturated heterocycles. The van der Waals surface area contributed by atoms with E-state index >= 15 is 0 Å². The molecule has 1 unspecified atom stereocenters. The lowest BCUT2D eigenvalue weighted by Gasteiger charge is -2.32. The van der Waals surface area contributed by atoms with E-state index in [2.05, 4.69) is 46.5 Å². The Hall–Kier alpha value is -1.62. The maximum Gasteiger partial charge on any atom is 0.224 e. The molecule has 21 heavy (non-hydrogen) atoms. The summed E-state index contributed by atoms with van der Waals surface area (Å²) in [6.45, 7) is 6.84. The van der Waals surface area contributed by atoms with Crippen LogP contribution >= 0.6 is 0 Å². The largest absolute Gasteiger partial charge is 0.359 e. The highest BCUT2D eigenvalue weighted by atomic mass is 16.1. The van der Waals surface area contributed by atoms with Crippen molar-refractivity contribution in [3.05, 3.63) is 23.9 Å². The van der Waals surface area contributed by atoms with E-state index in [1.165, 1.54) is 5.56 Å². The van der Waals surface area contributed by atoms with E-state index in [1.54, 1.807) is 7.05 Å². The van der Waals surface area contributed by atoms with Crippen molar-refractivity contribution >= 4 is 11.7 Å². The highest BCUT2D eigenvalue weighted by molar-refractivity contribution is 5.79. The number of anilines is 1. The number of aromatic nitrogens is 1. The number of pyridine rings is 1. The maximum absolute atomic E-state index is 11.8. The molecule has 5 nitrogen and oxygen atoms in total. The van der Waals surface area contributed by atoms with Gasteiger partial charge in [-0.2, -0.15) is 0 Å². The third-order valence-corrected chi connectivity index (χ3v) is 3.89. The van der Waals surface area contributed by atoms with Crippen LogP contribution in [0.4, 0.5) is 5.82 Å². The Morgan fingerprint density at radius 1 is 1.48 bits per heavy atom. The Bertz CT molecular complexity index is 458. The van der Waals surface area contributed by atoms with Gasteiger partial charge >= 0.3 is 0 Å². The Morgan fingerprint density at radius 3 is 2.90 bits per heavy atom. The molecular weight excluding hydrogens is 264 g/mol. The third kappa shape index (κ3) is 4.43. The third-order valence-electron chi connectivity index (χ3n) is 3.89. The molecular formula is C16H26N4O. The monoisotopic (exact) mass is 290 g/mol. The van der Waals surface area contributed by atoms with Crippen molar-refractivity contribution in [1.29, 1.82) is 0 Å². The van der Waals surface area contributed by atoms with Crippen molar-refractivity contribution in [3.8, 4) is 0 Å². The zero-order valence-electron chi connectivity index (χ0n) is 13.2. The molecule has 2 N–H and O–H groups in total. The van der Waals surface area contributed by atoms with Gasteiger partial charge < -0.3 is 15.5 Å². The van der Waals surface area contributed by atoms with Gasteiger partial charge in [-0.25, -0.2) is 4.98 Å². The van der Waals surface area contributed by atoms with Crippen molar-refractivity contribution in [2.24, 2.45) is 5.92 Å². The van der Waals surface area contributed by atoms with Crippen LogP contribution in [-0.4, -0.2) is 37.1 Å². The van der Waals surface area contributed by atoms with Crippen molar-refractivity contribution in [3.63, 3.8) is 0 Å². The normalized spacial score (nSPS) is 18.9. The van der Waals surface area contributed by atoms with E-state index in [0.29, 0.717) is 6.04 Å². The van der Waals surface area contributed by atoms with Gasteiger partial charge in [-0.05, 0) is 24.5 Å². The fourth-order valence-electron chi connectivity index (χ4n) is 2.63. The molecule has 0 radical (unpaired) electrons. The van der Waals surface area contributed by atoms with Crippen LogP contribution in [0.5, 0.6) is 0 Å². The van der Waals surface area contributed by atoms with Crippen LogP contribution in [-0.2, 0) is 11.3 Å². The van der Waals surface area contributed by atoms with Gasteiger partial charge in [0.05, 0.1) is 5.92 Å². The molecule has 2 heterocycles. The smallest absolute Gasteiger partial charge is 0.224 e. The average molecular weight is 290 g/mol. The summed E-state index contributed by atoms with van der Waals surface area (Å²) in [4.78, 5) is 18.5. The average Bonchev–Trinajstić information content (AvgIpc) is 2.52. The van der Waals surface area contributed by atoms with Gasteiger partial charge in [0.15, 0.2) is 0 Å². The molecule has 1 aromatic rings. The summed E-state index contributed by atoms with van der Waals surface area (Å²) in [6.07, 6.45) is 3.93. The quantitative estimate of drug-likeness (QED) is 0.864. The topological polar surface area (TPSA) is 57.3 Å². The summed E-state index contributed by atoms with van der Waals surface area (Å²) in [5.41, 5.74) is 1.19. The van der Waals surface area contributed by atoms with E-state index in [0.717, 1.165) is 38.3 Å². The molecule has 0 aliphatic carbocycles. The molecule has 2 rings (SSSR count). The van der Waals surface area contributed by atoms with Crippen LogP contribution in [0.2, 0.25) is 0 Å². The first kappa shape index (κ1) is 15.8. The Morgan fingerprint density at radius 2 is 2.29 bits per heavy atom. The van der Waals surface area contributed by atoms with Gasteiger partial charge in [0.1, 0.15) is 5.82 Å². The van der Waals surface area contributed by atoms with Gasteiger partial charge in [0.25, 0.3) is 0 Å². The Balaban J connectivity index is 1.96. The molecule has 1 aliphatic rings. The molecule has 1 amide bonds. The highest BCUT2D eigenvalue weighted by Gasteiger charge is 2.25. The molecule has 0 saturated carbocycles. The lowest BCUT2D eigenvalue weighted by Crippen LogP contribution is -2.42. The molecule has 116 valence electrons. The van der Waals surface area contributed by atoms with E-state index in [4.69, 9.17) is 0 Å². The number of nitrogens with one attached hydrogen (secondary N) is 2. The van der Waals surface area contributed by atoms with Gasteiger partial charge in [0.2, 0.25) is 5.91 Å². The summed E-state index contributed by atoms with van der Waals surface area (Å²) in [5, 5.41) is 6.13. The second kappa shape index (κ2) is 7.41. The number of rotatable bonds is 5. The summed E-state index contributed by atoms with van der Waals surface area (Å²) in [6, 6.07) is 4.64. The van der Waals surface area contributed by atoms with E-state index < -0.39 is 0 Å². The van der Waals surface area contributed by atoms with E-state index in [1.807, 2.05) is 6.20 Å². The number of hydrogen-bond donors (Lipinski definition) is 2. The first-order chi connectivity index (χ1) is 10.1. The minimum atomic E-state index is 0.0767. The number of amides is 1. The standard InChI is InChI=1S/C16H26N4O/c1-12(2)18-9-13-6-7-15(19-10-13)20-8-4-5-14(11-20)16(21)17-3/h6-7,10,12,14,18H,4-5,8-9,11H2,1-3H3,(H,17,21). The zero-order chi connectivity index (χ0) is 15.2. The first-order valence-electron chi connectivity index (χ1n) is 7.75. The molecule has 1 atom stereocenters.